The zero-order valence-electron chi connectivity index (χ0n) is 8.83. The SMILES string of the molecule is CC(C)(C)OC(=O)C[C@@H]1COC(=O)C1. The molecule has 0 saturated carbocycles. The first-order valence-corrected chi connectivity index (χ1v) is 4.74. The van der Waals surface area contributed by atoms with Crippen molar-refractivity contribution in [2.75, 3.05) is 6.61 Å². The molecule has 0 bridgehead atoms. The average molecular weight is 200 g/mol. The lowest BCUT2D eigenvalue weighted by atomic mass is 10.1. The molecule has 0 aromatic rings. The summed E-state index contributed by atoms with van der Waals surface area (Å²) in [7, 11) is 0. The zero-order valence-corrected chi connectivity index (χ0v) is 8.83. The fourth-order valence-corrected chi connectivity index (χ4v) is 1.31. The fourth-order valence-electron chi connectivity index (χ4n) is 1.31. The number of carbonyl (C=O) groups excluding carboxylic acids is 2. The highest BCUT2D eigenvalue weighted by Crippen LogP contribution is 2.19. The molecule has 1 aliphatic rings. The van der Waals surface area contributed by atoms with E-state index >= 15 is 0 Å². The van der Waals surface area contributed by atoms with Crippen LogP contribution in [0.25, 0.3) is 0 Å². The topological polar surface area (TPSA) is 52.6 Å². The summed E-state index contributed by atoms with van der Waals surface area (Å²) in [6, 6.07) is 0. The molecule has 0 aliphatic carbocycles. The first kappa shape index (κ1) is 11.0. The molecular weight excluding hydrogens is 184 g/mol. The molecule has 1 rings (SSSR count). The summed E-state index contributed by atoms with van der Waals surface area (Å²) in [5.74, 6) is -0.489. The molecule has 4 heteroatoms. The molecule has 4 nitrogen and oxygen atoms in total. The molecule has 14 heavy (non-hydrogen) atoms. The third-order valence-corrected chi connectivity index (χ3v) is 1.81. The largest absolute Gasteiger partial charge is 0.465 e. The number of hydrogen-bond donors (Lipinski definition) is 0. The van der Waals surface area contributed by atoms with Crippen molar-refractivity contribution in [2.45, 2.75) is 39.2 Å². The Balaban J connectivity index is 2.31. The van der Waals surface area contributed by atoms with E-state index in [2.05, 4.69) is 0 Å². The van der Waals surface area contributed by atoms with Gasteiger partial charge in [0, 0.05) is 5.92 Å². The van der Waals surface area contributed by atoms with Crippen LogP contribution in [0.1, 0.15) is 33.6 Å². The standard InChI is InChI=1S/C10H16O4/c1-10(2,3)14-9(12)5-7-4-8(11)13-6-7/h7H,4-6H2,1-3H3/t7-/m1/s1. The molecule has 1 aliphatic heterocycles. The summed E-state index contributed by atoms with van der Waals surface area (Å²) in [6.45, 7) is 5.81. The number of hydrogen-bond acceptors (Lipinski definition) is 4. The lowest BCUT2D eigenvalue weighted by Gasteiger charge is -2.20. The second-order valence-electron chi connectivity index (χ2n) is 4.54. The van der Waals surface area contributed by atoms with E-state index in [0.29, 0.717) is 13.0 Å². The summed E-state index contributed by atoms with van der Waals surface area (Å²) >= 11 is 0. The van der Waals surface area contributed by atoms with Crippen LogP contribution in [0, 0.1) is 5.92 Å². The molecule has 0 radical (unpaired) electrons. The minimum atomic E-state index is -0.458. The summed E-state index contributed by atoms with van der Waals surface area (Å²) in [5.41, 5.74) is -0.458. The highest BCUT2D eigenvalue weighted by Gasteiger charge is 2.27. The Morgan fingerprint density at radius 1 is 1.57 bits per heavy atom. The van der Waals surface area contributed by atoms with E-state index in [0.717, 1.165) is 0 Å². The first-order valence-electron chi connectivity index (χ1n) is 4.74. The number of esters is 2. The summed E-state index contributed by atoms with van der Waals surface area (Å²) in [5, 5.41) is 0. The number of rotatable bonds is 2. The lowest BCUT2D eigenvalue weighted by Crippen LogP contribution is -2.25. The Morgan fingerprint density at radius 2 is 2.21 bits per heavy atom. The van der Waals surface area contributed by atoms with Crippen LogP contribution in [0.2, 0.25) is 0 Å². The van der Waals surface area contributed by atoms with E-state index in [1.165, 1.54) is 0 Å². The quantitative estimate of drug-likeness (QED) is 0.630. The van der Waals surface area contributed by atoms with Crippen molar-refractivity contribution in [2.24, 2.45) is 5.92 Å². The highest BCUT2D eigenvalue weighted by molar-refractivity contribution is 5.75. The van der Waals surface area contributed by atoms with Gasteiger partial charge < -0.3 is 9.47 Å². The van der Waals surface area contributed by atoms with Crippen molar-refractivity contribution in [3.8, 4) is 0 Å². The molecule has 0 N–H and O–H groups in total. The maximum Gasteiger partial charge on any atom is 0.306 e. The van der Waals surface area contributed by atoms with Crippen molar-refractivity contribution in [1.29, 1.82) is 0 Å². The molecule has 1 saturated heterocycles. The van der Waals surface area contributed by atoms with Gasteiger partial charge in [-0.25, -0.2) is 0 Å². The van der Waals surface area contributed by atoms with Crippen LogP contribution in [0.3, 0.4) is 0 Å². The molecular formula is C10H16O4. The molecule has 1 fully saturated rings. The van der Waals surface area contributed by atoms with Gasteiger partial charge in [0.15, 0.2) is 0 Å². The van der Waals surface area contributed by atoms with Gasteiger partial charge in [-0.15, -0.1) is 0 Å². The van der Waals surface area contributed by atoms with Gasteiger partial charge in [0.1, 0.15) is 5.60 Å². The van der Waals surface area contributed by atoms with E-state index in [1.54, 1.807) is 0 Å². The summed E-state index contributed by atoms with van der Waals surface area (Å²) in [6.07, 6.45) is 0.599. The van der Waals surface area contributed by atoms with E-state index in [9.17, 15) is 9.59 Å². The van der Waals surface area contributed by atoms with Gasteiger partial charge in [-0.05, 0) is 20.8 Å². The van der Waals surface area contributed by atoms with Gasteiger partial charge in [0.2, 0.25) is 0 Å². The molecule has 80 valence electrons. The monoisotopic (exact) mass is 200 g/mol. The van der Waals surface area contributed by atoms with E-state index < -0.39 is 5.60 Å². The molecule has 1 atom stereocenters. The third kappa shape index (κ3) is 3.77. The minimum Gasteiger partial charge on any atom is -0.465 e. The Hall–Kier alpha value is -1.06. The molecule has 0 aromatic heterocycles. The zero-order chi connectivity index (χ0) is 10.8. The van der Waals surface area contributed by atoms with E-state index in [4.69, 9.17) is 9.47 Å². The van der Waals surface area contributed by atoms with E-state index in [1.807, 2.05) is 20.8 Å². The average Bonchev–Trinajstić information content (AvgIpc) is 2.30. The van der Waals surface area contributed by atoms with Crippen molar-refractivity contribution in [3.63, 3.8) is 0 Å². The van der Waals surface area contributed by atoms with Crippen LogP contribution in [0.5, 0.6) is 0 Å². The summed E-state index contributed by atoms with van der Waals surface area (Å²) in [4.78, 5) is 22.1. The normalized spacial score (nSPS) is 21.9. The predicted molar refractivity (Wildman–Crippen MR) is 49.5 cm³/mol. The van der Waals surface area contributed by atoms with Crippen LogP contribution in [0.15, 0.2) is 0 Å². The van der Waals surface area contributed by atoms with Crippen LogP contribution >= 0.6 is 0 Å². The van der Waals surface area contributed by atoms with Crippen molar-refractivity contribution in [1.82, 2.24) is 0 Å². The molecule has 0 spiro atoms. The van der Waals surface area contributed by atoms with Crippen LogP contribution in [-0.4, -0.2) is 24.1 Å². The number of ether oxygens (including phenoxy) is 2. The van der Waals surface area contributed by atoms with Crippen molar-refractivity contribution >= 4 is 11.9 Å². The highest BCUT2D eigenvalue weighted by atomic mass is 16.6. The Bertz CT molecular complexity index is 239. The Morgan fingerprint density at radius 3 is 2.64 bits per heavy atom. The van der Waals surface area contributed by atoms with Gasteiger partial charge in [0.25, 0.3) is 0 Å². The van der Waals surface area contributed by atoms with Crippen LogP contribution in [0.4, 0.5) is 0 Å². The van der Waals surface area contributed by atoms with Crippen molar-refractivity contribution < 1.29 is 19.1 Å². The smallest absolute Gasteiger partial charge is 0.306 e. The lowest BCUT2D eigenvalue weighted by molar-refractivity contribution is -0.156. The van der Waals surface area contributed by atoms with Gasteiger partial charge in [-0.3, -0.25) is 9.59 Å². The van der Waals surface area contributed by atoms with Crippen molar-refractivity contribution in [3.05, 3.63) is 0 Å². The predicted octanol–water partition coefficient (Wildman–Crippen LogP) is 1.28. The Labute approximate surface area is 83.6 Å². The van der Waals surface area contributed by atoms with Gasteiger partial charge in [-0.1, -0.05) is 0 Å². The summed E-state index contributed by atoms with van der Waals surface area (Å²) < 4.78 is 9.88. The molecule has 0 aromatic carbocycles. The van der Waals surface area contributed by atoms with Gasteiger partial charge >= 0.3 is 11.9 Å². The van der Waals surface area contributed by atoms with Gasteiger partial charge in [-0.2, -0.15) is 0 Å². The molecule has 0 unspecified atom stereocenters. The van der Waals surface area contributed by atoms with E-state index in [-0.39, 0.29) is 24.3 Å². The maximum absolute atomic E-state index is 11.3. The fraction of sp³-hybridized carbons (Fsp3) is 0.800. The number of cyclic esters (lactones) is 1. The van der Waals surface area contributed by atoms with Gasteiger partial charge in [0.05, 0.1) is 19.4 Å². The minimum absolute atomic E-state index is 0.00245. The molecule has 1 heterocycles. The number of carbonyl (C=O) groups is 2. The maximum atomic E-state index is 11.3. The van der Waals surface area contributed by atoms with Crippen LogP contribution in [-0.2, 0) is 19.1 Å². The van der Waals surface area contributed by atoms with Crippen LogP contribution < -0.4 is 0 Å². The molecule has 0 amide bonds. The second kappa shape index (κ2) is 3.98. The third-order valence-electron chi connectivity index (χ3n) is 1.81. The first-order chi connectivity index (χ1) is 6.37. The second-order valence-corrected chi connectivity index (χ2v) is 4.54. The Kier molecular flexibility index (Phi) is 3.13.